The summed E-state index contributed by atoms with van der Waals surface area (Å²) in [5.74, 6) is 7.64. The van der Waals surface area contributed by atoms with Crippen LogP contribution in [0, 0.1) is 52.8 Å². The predicted molar refractivity (Wildman–Crippen MR) is 69.1 cm³/mol. The molecule has 0 aromatic heterocycles. The molecule has 7 rings (SSSR count). The minimum atomic E-state index is 0.145. The lowest BCUT2D eigenvalue weighted by Gasteiger charge is -2.40. The fourth-order valence-corrected chi connectivity index (χ4v) is 9.50. The van der Waals surface area contributed by atoms with Crippen LogP contribution in [0.15, 0.2) is 0 Å². The molecule has 1 saturated heterocycles. The normalized spacial score (nSPS) is 74.7. The number of rotatable bonds is 1. The zero-order valence-electron chi connectivity index (χ0n) is 10.6. The number of ether oxygens (including phenoxy) is 2. The molecule has 6 aliphatic carbocycles. The molecule has 0 aromatic carbocycles. The Morgan fingerprint density at radius 2 is 1.67 bits per heavy atom. The quantitative estimate of drug-likeness (QED) is 0.693. The number of hydrogen-bond donors (Lipinski definition) is 0. The number of hydrogen-bond acceptors (Lipinski definition) is 2. The number of alkyl halides is 1. The van der Waals surface area contributed by atoms with Gasteiger partial charge in [-0.25, -0.2) is 0 Å². The van der Waals surface area contributed by atoms with E-state index in [-0.39, 0.29) is 6.29 Å². The second-order valence-electron chi connectivity index (χ2n) is 7.80. The Bertz CT molecular complexity index is 446. The molecule has 7 fully saturated rings. The first-order valence-electron chi connectivity index (χ1n) is 7.62. The van der Waals surface area contributed by atoms with Crippen molar-refractivity contribution in [2.75, 3.05) is 13.2 Å². The first-order valence-corrected chi connectivity index (χ1v) is 8.53. The molecular weight excluding hydrogens is 292 g/mol. The summed E-state index contributed by atoms with van der Waals surface area (Å²) < 4.78 is 11.8. The van der Waals surface area contributed by atoms with Crippen molar-refractivity contribution in [2.45, 2.75) is 24.5 Å². The van der Waals surface area contributed by atoms with Crippen molar-refractivity contribution in [3.05, 3.63) is 0 Å². The van der Waals surface area contributed by atoms with Gasteiger partial charge in [0.05, 0.1) is 13.2 Å². The molecule has 0 amide bonds. The molecule has 0 spiro atoms. The van der Waals surface area contributed by atoms with Gasteiger partial charge in [0.1, 0.15) is 0 Å². The van der Waals surface area contributed by atoms with Crippen LogP contribution in [0.3, 0.4) is 0 Å². The Morgan fingerprint density at radius 3 is 2.39 bits per heavy atom. The van der Waals surface area contributed by atoms with Crippen molar-refractivity contribution in [1.29, 1.82) is 0 Å². The summed E-state index contributed by atoms with van der Waals surface area (Å²) in [5.41, 5.74) is 0.567. The van der Waals surface area contributed by atoms with E-state index in [4.69, 9.17) is 9.47 Å². The Balaban J connectivity index is 1.54. The molecule has 6 bridgehead atoms. The highest BCUT2D eigenvalue weighted by atomic mass is 79.9. The molecular formula is C15H19BrO2. The van der Waals surface area contributed by atoms with Crippen molar-refractivity contribution in [2.24, 2.45) is 52.8 Å². The third-order valence-corrected chi connectivity index (χ3v) is 9.55. The van der Waals surface area contributed by atoms with Crippen LogP contribution in [0.4, 0.5) is 0 Å². The fraction of sp³-hybridized carbons (Fsp3) is 1.00. The van der Waals surface area contributed by atoms with Gasteiger partial charge in [-0.15, -0.1) is 0 Å². The Labute approximate surface area is 116 Å². The van der Waals surface area contributed by atoms with Crippen LogP contribution in [0.5, 0.6) is 0 Å². The van der Waals surface area contributed by atoms with Crippen LogP contribution in [-0.2, 0) is 9.47 Å². The largest absolute Gasteiger partial charge is 0.350 e. The molecule has 0 aromatic rings. The lowest BCUT2D eigenvalue weighted by Crippen LogP contribution is -2.37. The van der Waals surface area contributed by atoms with E-state index in [0.717, 1.165) is 65.4 Å². The van der Waals surface area contributed by atoms with Crippen molar-refractivity contribution in [3.8, 4) is 0 Å². The third-order valence-electron chi connectivity index (χ3n) is 7.95. The first kappa shape index (κ1) is 10.2. The van der Waals surface area contributed by atoms with Gasteiger partial charge in [-0.05, 0) is 53.3 Å². The molecule has 6 saturated carbocycles. The summed E-state index contributed by atoms with van der Waals surface area (Å²) in [7, 11) is 0. The zero-order chi connectivity index (χ0) is 11.8. The monoisotopic (exact) mass is 310 g/mol. The van der Waals surface area contributed by atoms with E-state index in [1.807, 2.05) is 0 Å². The van der Waals surface area contributed by atoms with E-state index in [1.165, 1.54) is 6.42 Å². The van der Waals surface area contributed by atoms with Gasteiger partial charge < -0.3 is 9.47 Å². The van der Waals surface area contributed by atoms with Gasteiger partial charge in [0.25, 0.3) is 0 Å². The molecule has 0 radical (unpaired) electrons. The second-order valence-corrected chi connectivity index (χ2v) is 8.79. The Hall–Kier alpha value is 0.400. The zero-order valence-corrected chi connectivity index (χ0v) is 12.2. The van der Waals surface area contributed by atoms with Crippen molar-refractivity contribution >= 4 is 15.9 Å². The lowest BCUT2D eigenvalue weighted by molar-refractivity contribution is -0.101. The first-order chi connectivity index (χ1) is 8.74. The summed E-state index contributed by atoms with van der Waals surface area (Å²) in [6.07, 6.45) is 1.68. The molecule has 7 aliphatic rings. The van der Waals surface area contributed by atoms with Crippen LogP contribution in [0.1, 0.15) is 13.3 Å². The maximum Gasteiger partial charge on any atom is 0.161 e. The average molecular weight is 311 g/mol. The highest BCUT2D eigenvalue weighted by molar-refractivity contribution is 9.09. The highest BCUT2D eigenvalue weighted by Crippen LogP contribution is 2.89. The summed E-state index contributed by atoms with van der Waals surface area (Å²) in [5, 5.41) is 0. The third kappa shape index (κ3) is 0.722. The maximum atomic E-state index is 5.92. The molecule has 1 aliphatic heterocycles. The van der Waals surface area contributed by atoms with Gasteiger partial charge in [0, 0.05) is 10.7 Å². The molecule has 98 valence electrons. The topological polar surface area (TPSA) is 18.5 Å². The summed E-state index contributed by atoms with van der Waals surface area (Å²) in [6.45, 7) is 4.22. The minimum absolute atomic E-state index is 0.145. The fourth-order valence-electron chi connectivity index (χ4n) is 8.15. The minimum Gasteiger partial charge on any atom is -0.350 e. The van der Waals surface area contributed by atoms with Crippen molar-refractivity contribution in [1.82, 2.24) is 0 Å². The molecule has 0 N–H and O–H groups in total. The van der Waals surface area contributed by atoms with Gasteiger partial charge in [0.2, 0.25) is 0 Å². The Morgan fingerprint density at radius 1 is 0.944 bits per heavy atom. The van der Waals surface area contributed by atoms with Crippen molar-refractivity contribution in [3.63, 3.8) is 0 Å². The van der Waals surface area contributed by atoms with E-state index < -0.39 is 0 Å². The lowest BCUT2D eigenvalue weighted by atomic mass is 9.64. The molecule has 0 unspecified atom stereocenters. The van der Waals surface area contributed by atoms with Crippen LogP contribution < -0.4 is 0 Å². The molecule has 3 heteroatoms. The highest BCUT2D eigenvalue weighted by Gasteiger charge is 2.87. The average Bonchev–Trinajstić information content (AvgIpc) is 3.07. The predicted octanol–water partition coefficient (Wildman–Crippen LogP) is 2.52. The van der Waals surface area contributed by atoms with Gasteiger partial charge in [-0.3, -0.25) is 0 Å². The van der Waals surface area contributed by atoms with Crippen LogP contribution in [0.2, 0.25) is 0 Å². The van der Waals surface area contributed by atoms with Gasteiger partial charge in [-0.2, -0.15) is 0 Å². The van der Waals surface area contributed by atoms with E-state index >= 15 is 0 Å². The van der Waals surface area contributed by atoms with E-state index in [0.29, 0.717) is 5.41 Å². The van der Waals surface area contributed by atoms with E-state index in [2.05, 4.69) is 22.9 Å². The summed E-state index contributed by atoms with van der Waals surface area (Å²) in [6, 6.07) is 0. The van der Waals surface area contributed by atoms with Crippen LogP contribution in [0.25, 0.3) is 0 Å². The summed E-state index contributed by atoms with van der Waals surface area (Å²) in [4.78, 5) is 0.788. The van der Waals surface area contributed by atoms with Gasteiger partial charge >= 0.3 is 0 Å². The number of halogens is 1. The smallest absolute Gasteiger partial charge is 0.161 e. The molecule has 10 atom stereocenters. The van der Waals surface area contributed by atoms with Crippen LogP contribution in [-0.4, -0.2) is 24.3 Å². The van der Waals surface area contributed by atoms with Gasteiger partial charge in [0.15, 0.2) is 6.29 Å². The molecule has 1 heterocycles. The maximum absolute atomic E-state index is 5.92. The standard InChI is InChI=1S/C15H19BrO2/c1-15-11-6-4-5-7(9(6)13(15)16)12(15)10(8(5)11)14-17-2-3-18-14/h5-14H,2-4H2,1H3/t5-,6-,7+,8+,9+,10+,11-,12-,13-,15+/m1/s1. The Kier molecular flexibility index (Phi) is 1.54. The van der Waals surface area contributed by atoms with Crippen molar-refractivity contribution < 1.29 is 9.47 Å². The SMILES string of the molecule is C[C@]12[C@@H]3[C@@H]4C[C@H]5[C@H]3[C@H](C3OCCO3)[C@H]1[C@@H]5[C@H]4[C@H]2Br. The van der Waals surface area contributed by atoms with Gasteiger partial charge in [-0.1, -0.05) is 22.9 Å². The van der Waals surface area contributed by atoms with Crippen LogP contribution >= 0.6 is 15.9 Å². The van der Waals surface area contributed by atoms with E-state index in [9.17, 15) is 0 Å². The van der Waals surface area contributed by atoms with E-state index in [1.54, 1.807) is 0 Å². The second kappa shape index (κ2) is 2.73. The molecule has 18 heavy (non-hydrogen) atoms. The summed E-state index contributed by atoms with van der Waals surface area (Å²) >= 11 is 4.10. The molecule has 2 nitrogen and oxygen atoms in total.